The van der Waals surface area contributed by atoms with Crippen molar-refractivity contribution in [1.29, 1.82) is 0 Å². The fourth-order valence-corrected chi connectivity index (χ4v) is 1.18. The molecule has 0 bridgehead atoms. The molecule has 0 spiro atoms. The van der Waals surface area contributed by atoms with Crippen molar-refractivity contribution in [3.63, 3.8) is 0 Å². The summed E-state index contributed by atoms with van der Waals surface area (Å²) in [6.07, 6.45) is 2.37. The van der Waals surface area contributed by atoms with Crippen LogP contribution in [0.4, 0.5) is 4.39 Å². The summed E-state index contributed by atoms with van der Waals surface area (Å²) in [5, 5.41) is 2.36. The molecule has 1 aliphatic heterocycles. The Balaban J connectivity index is 2.30. The average molecular weight is 200 g/mol. The van der Waals surface area contributed by atoms with Crippen molar-refractivity contribution >= 4 is 11.8 Å². The first-order chi connectivity index (χ1) is 6.67. The second kappa shape index (κ2) is 4.74. The van der Waals surface area contributed by atoms with Gasteiger partial charge in [0, 0.05) is 38.2 Å². The SMILES string of the molecule is CNC(=O)/C=C/C(=O)N1CC(CF)C1. The maximum atomic E-state index is 12.0. The van der Waals surface area contributed by atoms with Gasteiger partial charge in [0.1, 0.15) is 0 Å². The Labute approximate surface area is 81.8 Å². The van der Waals surface area contributed by atoms with Gasteiger partial charge in [-0.1, -0.05) is 0 Å². The molecule has 0 atom stereocenters. The molecule has 1 saturated heterocycles. The lowest BCUT2D eigenvalue weighted by Gasteiger charge is -2.36. The molecule has 1 fully saturated rings. The maximum Gasteiger partial charge on any atom is 0.246 e. The minimum atomic E-state index is -0.386. The molecule has 0 unspecified atom stereocenters. The van der Waals surface area contributed by atoms with Gasteiger partial charge in [0.15, 0.2) is 0 Å². The molecule has 1 heterocycles. The highest BCUT2D eigenvalue weighted by Crippen LogP contribution is 2.15. The Hall–Kier alpha value is -1.39. The molecule has 14 heavy (non-hydrogen) atoms. The van der Waals surface area contributed by atoms with Crippen LogP contribution in [0.1, 0.15) is 0 Å². The van der Waals surface area contributed by atoms with Gasteiger partial charge in [0.05, 0.1) is 6.67 Å². The van der Waals surface area contributed by atoms with Crippen LogP contribution in [0.5, 0.6) is 0 Å². The summed E-state index contributed by atoms with van der Waals surface area (Å²) in [5.41, 5.74) is 0. The predicted octanol–water partition coefficient (Wildman–Crippen LogP) is -0.284. The summed E-state index contributed by atoms with van der Waals surface area (Å²) in [4.78, 5) is 23.5. The zero-order valence-corrected chi connectivity index (χ0v) is 8.00. The molecule has 5 heteroatoms. The summed E-state index contributed by atoms with van der Waals surface area (Å²) in [6.45, 7) is 0.518. The number of alkyl halides is 1. The number of halogens is 1. The lowest BCUT2D eigenvalue weighted by atomic mass is 10.0. The molecule has 1 aliphatic rings. The number of nitrogens with one attached hydrogen (secondary N) is 1. The van der Waals surface area contributed by atoms with E-state index in [1.807, 2.05) is 0 Å². The average Bonchev–Trinajstić information content (AvgIpc) is 2.12. The van der Waals surface area contributed by atoms with Gasteiger partial charge in [-0.05, 0) is 0 Å². The number of likely N-dealkylation sites (tertiary alicyclic amines) is 1. The van der Waals surface area contributed by atoms with E-state index in [-0.39, 0.29) is 24.4 Å². The van der Waals surface area contributed by atoms with Crippen LogP contribution < -0.4 is 5.32 Å². The van der Waals surface area contributed by atoms with Crippen molar-refractivity contribution in [2.45, 2.75) is 0 Å². The van der Waals surface area contributed by atoms with Crippen LogP contribution in [-0.4, -0.2) is 43.5 Å². The lowest BCUT2D eigenvalue weighted by Crippen LogP contribution is -2.50. The zero-order valence-electron chi connectivity index (χ0n) is 8.00. The molecule has 2 amide bonds. The van der Waals surface area contributed by atoms with Crippen LogP contribution in [0.2, 0.25) is 0 Å². The maximum absolute atomic E-state index is 12.0. The molecule has 4 nitrogen and oxygen atoms in total. The fourth-order valence-electron chi connectivity index (χ4n) is 1.18. The van der Waals surface area contributed by atoms with Crippen LogP contribution in [0.3, 0.4) is 0 Å². The van der Waals surface area contributed by atoms with Gasteiger partial charge in [-0.15, -0.1) is 0 Å². The Bertz CT molecular complexity index is 260. The van der Waals surface area contributed by atoms with Crippen LogP contribution >= 0.6 is 0 Å². The van der Waals surface area contributed by atoms with Crippen molar-refractivity contribution in [3.8, 4) is 0 Å². The quantitative estimate of drug-likeness (QED) is 0.637. The molecule has 78 valence electrons. The van der Waals surface area contributed by atoms with E-state index >= 15 is 0 Å². The van der Waals surface area contributed by atoms with E-state index in [4.69, 9.17) is 0 Å². The van der Waals surface area contributed by atoms with Gasteiger partial charge in [-0.3, -0.25) is 14.0 Å². The number of nitrogens with zero attached hydrogens (tertiary/aromatic N) is 1. The van der Waals surface area contributed by atoms with Gasteiger partial charge in [-0.2, -0.15) is 0 Å². The first-order valence-corrected chi connectivity index (χ1v) is 4.42. The fraction of sp³-hybridized carbons (Fsp3) is 0.556. The third-order valence-corrected chi connectivity index (χ3v) is 2.11. The van der Waals surface area contributed by atoms with Crippen LogP contribution in [-0.2, 0) is 9.59 Å². The Kier molecular flexibility index (Phi) is 3.62. The van der Waals surface area contributed by atoms with Crippen LogP contribution in [0.15, 0.2) is 12.2 Å². The van der Waals surface area contributed by atoms with Gasteiger partial charge < -0.3 is 10.2 Å². The largest absolute Gasteiger partial charge is 0.356 e. The molecule has 0 aromatic carbocycles. The van der Waals surface area contributed by atoms with Gasteiger partial charge >= 0.3 is 0 Å². The standard InChI is InChI=1S/C9H13FN2O2/c1-11-8(13)2-3-9(14)12-5-7(4-10)6-12/h2-3,7H,4-6H2,1H3,(H,11,13)/b3-2+. The van der Waals surface area contributed by atoms with E-state index in [0.29, 0.717) is 13.1 Å². The van der Waals surface area contributed by atoms with Crippen molar-refractivity contribution in [3.05, 3.63) is 12.2 Å². The van der Waals surface area contributed by atoms with Gasteiger partial charge in [0.2, 0.25) is 11.8 Å². The van der Waals surface area contributed by atoms with E-state index in [1.165, 1.54) is 24.1 Å². The van der Waals surface area contributed by atoms with Crippen molar-refractivity contribution < 1.29 is 14.0 Å². The third kappa shape index (κ3) is 2.55. The molecular weight excluding hydrogens is 187 g/mol. The van der Waals surface area contributed by atoms with E-state index in [1.54, 1.807) is 0 Å². The van der Waals surface area contributed by atoms with E-state index < -0.39 is 0 Å². The number of carbonyl (C=O) groups excluding carboxylic acids is 2. The third-order valence-electron chi connectivity index (χ3n) is 2.11. The summed E-state index contributed by atoms with van der Waals surface area (Å²) in [6, 6.07) is 0. The first-order valence-electron chi connectivity index (χ1n) is 4.42. The number of hydrogen-bond acceptors (Lipinski definition) is 2. The summed E-state index contributed by atoms with van der Waals surface area (Å²) < 4.78 is 12.0. The summed E-state index contributed by atoms with van der Waals surface area (Å²) >= 11 is 0. The lowest BCUT2D eigenvalue weighted by molar-refractivity contribution is -0.132. The van der Waals surface area contributed by atoms with Crippen LogP contribution in [0.25, 0.3) is 0 Å². The highest BCUT2D eigenvalue weighted by Gasteiger charge is 2.28. The Morgan fingerprint density at radius 3 is 2.64 bits per heavy atom. The molecule has 1 N–H and O–H groups in total. The van der Waals surface area contributed by atoms with Crippen LogP contribution in [0, 0.1) is 5.92 Å². The Morgan fingerprint density at radius 2 is 2.14 bits per heavy atom. The highest BCUT2D eigenvalue weighted by atomic mass is 19.1. The second-order valence-electron chi connectivity index (χ2n) is 3.21. The number of amides is 2. The monoisotopic (exact) mass is 200 g/mol. The minimum absolute atomic E-state index is 0.0210. The highest BCUT2D eigenvalue weighted by molar-refractivity contribution is 5.96. The molecule has 1 rings (SSSR count). The van der Waals surface area contributed by atoms with Crippen molar-refractivity contribution in [2.75, 3.05) is 26.8 Å². The zero-order chi connectivity index (χ0) is 10.6. The van der Waals surface area contributed by atoms with E-state index in [9.17, 15) is 14.0 Å². The normalized spacial score (nSPS) is 16.9. The molecule has 0 aromatic heterocycles. The number of carbonyl (C=O) groups is 2. The van der Waals surface area contributed by atoms with Gasteiger partial charge in [0.25, 0.3) is 0 Å². The second-order valence-corrected chi connectivity index (χ2v) is 3.21. The van der Waals surface area contributed by atoms with Crippen molar-refractivity contribution in [1.82, 2.24) is 10.2 Å². The minimum Gasteiger partial charge on any atom is -0.356 e. The number of rotatable bonds is 3. The number of likely N-dealkylation sites (N-methyl/N-ethyl adjacent to an activating group) is 1. The molecule has 0 aliphatic carbocycles. The molecule has 0 aromatic rings. The Morgan fingerprint density at radius 1 is 1.50 bits per heavy atom. The van der Waals surface area contributed by atoms with E-state index in [0.717, 1.165) is 0 Å². The molecular formula is C9H13FN2O2. The first kappa shape index (κ1) is 10.7. The summed E-state index contributed by atoms with van der Waals surface area (Å²) in [5.74, 6) is -0.577. The van der Waals surface area contributed by atoms with E-state index in [2.05, 4.69) is 5.32 Å². The number of hydrogen-bond donors (Lipinski definition) is 1. The smallest absolute Gasteiger partial charge is 0.246 e. The topological polar surface area (TPSA) is 49.4 Å². The summed E-state index contributed by atoms with van der Waals surface area (Å²) in [7, 11) is 1.49. The van der Waals surface area contributed by atoms with Gasteiger partial charge in [-0.25, -0.2) is 0 Å². The van der Waals surface area contributed by atoms with Crippen molar-refractivity contribution in [2.24, 2.45) is 5.92 Å². The molecule has 0 radical (unpaired) electrons. The molecule has 0 saturated carbocycles. The predicted molar refractivity (Wildman–Crippen MR) is 49.3 cm³/mol.